The minimum atomic E-state index is -0.254. The Morgan fingerprint density at radius 1 is 0.857 bits per heavy atom. The Kier molecular flexibility index (Phi) is 5.10. The average Bonchev–Trinajstić information content (AvgIpc) is 2.76. The molecule has 3 aromatic carbocycles. The van der Waals surface area contributed by atoms with E-state index in [0.717, 1.165) is 30.9 Å². The molecule has 0 spiro atoms. The Balaban J connectivity index is 1.98. The van der Waals surface area contributed by atoms with E-state index in [1.54, 1.807) is 14.2 Å². The minimum Gasteiger partial charge on any atom is -0.493 e. The zero-order chi connectivity index (χ0) is 19.6. The smallest absolute Gasteiger partial charge is 0.161 e. The number of nitrogens with zero attached hydrogens (tertiary/aromatic N) is 1. The second-order valence-electron chi connectivity index (χ2n) is 7.42. The van der Waals surface area contributed by atoms with Gasteiger partial charge in [0.2, 0.25) is 0 Å². The van der Waals surface area contributed by atoms with Crippen LogP contribution in [0.1, 0.15) is 22.3 Å². The highest BCUT2D eigenvalue weighted by Crippen LogP contribution is 2.46. The van der Waals surface area contributed by atoms with E-state index in [-0.39, 0.29) is 5.54 Å². The molecular weight excluding hydrogens is 346 g/mol. The highest BCUT2D eigenvalue weighted by Gasteiger charge is 2.43. The van der Waals surface area contributed by atoms with E-state index in [2.05, 4.69) is 84.7 Å². The van der Waals surface area contributed by atoms with Gasteiger partial charge >= 0.3 is 0 Å². The van der Waals surface area contributed by atoms with E-state index in [1.165, 1.54) is 22.3 Å². The molecule has 0 radical (unpaired) electrons. The van der Waals surface area contributed by atoms with Crippen LogP contribution in [0.15, 0.2) is 72.8 Å². The van der Waals surface area contributed by atoms with E-state index in [0.29, 0.717) is 0 Å². The van der Waals surface area contributed by atoms with E-state index < -0.39 is 0 Å². The first-order valence-electron chi connectivity index (χ1n) is 9.75. The van der Waals surface area contributed by atoms with Crippen molar-refractivity contribution >= 4 is 0 Å². The summed E-state index contributed by atoms with van der Waals surface area (Å²) in [7, 11) is 5.64. The predicted molar refractivity (Wildman–Crippen MR) is 113 cm³/mol. The summed E-state index contributed by atoms with van der Waals surface area (Å²) in [6.45, 7) is 0.990. The maximum Gasteiger partial charge on any atom is 0.161 e. The summed E-state index contributed by atoms with van der Waals surface area (Å²) < 4.78 is 11.3. The third-order valence-corrected chi connectivity index (χ3v) is 5.98. The van der Waals surface area contributed by atoms with Crippen LogP contribution in [0.4, 0.5) is 0 Å². The van der Waals surface area contributed by atoms with Crippen LogP contribution < -0.4 is 9.47 Å². The van der Waals surface area contributed by atoms with Gasteiger partial charge in [-0.05, 0) is 54.3 Å². The van der Waals surface area contributed by atoms with Gasteiger partial charge in [0.05, 0.1) is 19.8 Å². The summed E-state index contributed by atoms with van der Waals surface area (Å²) >= 11 is 0. The molecule has 1 unspecified atom stereocenters. The summed E-state index contributed by atoms with van der Waals surface area (Å²) in [6, 6.07) is 25.9. The van der Waals surface area contributed by atoms with Crippen LogP contribution >= 0.6 is 0 Å². The Labute approximate surface area is 167 Å². The largest absolute Gasteiger partial charge is 0.493 e. The molecule has 0 fully saturated rings. The van der Waals surface area contributed by atoms with Crippen LogP contribution in [0.5, 0.6) is 11.5 Å². The van der Waals surface area contributed by atoms with E-state index in [9.17, 15) is 0 Å². The fourth-order valence-corrected chi connectivity index (χ4v) is 4.51. The molecule has 3 aromatic rings. The maximum atomic E-state index is 5.67. The van der Waals surface area contributed by atoms with Crippen molar-refractivity contribution in [2.75, 3.05) is 27.8 Å². The van der Waals surface area contributed by atoms with Crippen molar-refractivity contribution in [1.82, 2.24) is 4.90 Å². The predicted octanol–water partition coefficient (Wildman–Crippen LogP) is 4.68. The van der Waals surface area contributed by atoms with Gasteiger partial charge in [0.15, 0.2) is 11.5 Å². The molecule has 4 rings (SSSR count). The van der Waals surface area contributed by atoms with Gasteiger partial charge in [-0.3, -0.25) is 4.90 Å². The van der Waals surface area contributed by atoms with E-state index in [1.807, 2.05) is 0 Å². The Morgan fingerprint density at radius 2 is 1.46 bits per heavy atom. The summed E-state index contributed by atoms with van der Waals surface area (Å²) in [4.78, 5) is 2.49. The first kappa shape index (κ1) is 18.6. The molecule has 0 N–H and O–H groups in total. The van der Waals surface area contributed by atoms with Gasteiger partial charge in [-0.1, -0.05) is 60.7 Å². The van der Waals surface area contributed by atoms with Gasteiger partial charge in [0, 0.05) is 6.54 Å². The Bertz CT molecular complexity index is 940. The quantitative estimate of drug-likeness (QED) is 0.648. The van der Waals surface area contributed by atoms with Crippen molar-refractivity contribution in [3.63, 3.8) is 0 Å². The van der Waals surface area contributed by atoms with Crippen molar-refractivity contribution in [1.29, 1.82) is 0 Å². The number of hydrogen-bond donors (Lipinski definition) is 0. The third-order valence-electron chi connectivity index (χ3n) is 5.98. The number of fused-ring (bicyclic) bond motifs is 1. The van der Waals surface area contributed by atoms with Crippen molar-refractivity contribution in [2.45, 2.75) is 18.4 Å². The Hall–Kier alpha value is -2.78. The van der Waals surface area contributed by atoms with Crippen LogP contribution in [0, 0.1) is 0 Å². The van der Waals surface area contributed by atoms with Crippen molar-refractivity contribution in [3.05, 3.63) is 95.1 Å². The lowest BCUT2D eigenvalue weighted by molar-refractivity contribution is 0.144. The molecule has 1 aliphatic rings. The average molecular weight is 373 g/mol. The molecule has 3 nitrogen and oxygen atoms in total. The third kappa shape index (κ3) is 3.06. The lowest BCUT2D eigenvalue weighted by Gasteiger charge is -2.47. The molecule has 28 heavy (non-hydrogen) atoms. The lowest BCUT2D eigenvalue weighted by atomic mass is 9.72. The first-order chi connectivity index (χ1) is 13.7. The number of methoxy groups -OCH3 is 2. The molecular formula is C25H27NO2. The summed E-state index contributed by atoms with van der Waals surface area (Å²) in [5.74, 6) is 1.58. The van der Waals surface area contributed by atoms with Gasteiger partial charge in [0.1, 0.15) is 0 Å². The maximum absolute atomic E-state index is 5.67. The Morgan fingerprint density at radius 3 is 2.11 bits per heavy atom. The fraction of sp³-hybridized carbons (Fsp3) is 0.280. The van der Waals surface area contributed by atoms with Crippen LogP contribution in [0.3, 0.4) is 0 Å². The molecule has 0 amide bonds. The number of likely N-dealkylation sites (N-methyl/N-ethyl adjacent to an activating group) is 1. The molecule has 0 saturated heterocycles. The molecule has 3 heteroatoms. The van der Waals surface area contributed by atoms with Crippen LogP contribution in [0.25, 0.3) is 0 Å². The second-order valence-corrected chi connectivity index (χ2v) is 7.42. The van der Waals surface area contributed by atoms with Gasteiger partial charge < -0.3 is 9.47 Å². The highest BCUT2D eigenvalue weighted by molar-refractivity contribution is 5.55. The zero-order valence-corrected chi connectivity index (χ0v) is 16.8. The molecule has 144 valence electrons. The normalized spacial score (nSPS) is 19.1. The fourth-order valence-electron chi connectivity index (χ4n) is 4.51. The summed E-state index contributed by atoms with van der Waals surface area (Å²) in [5.41, 5.74) is 5.00. The SMILES string of the molecule is COc1cc2c(cc1OC)C(Cc1ccccc1)(c1ccccc1)N(C)CC2. The molecule has 0 aromatic heterocycles. The molecule has 0 saturated carbocycles. The minimum absolute atomic E-state index is 0.254. The van der Waals surface area contributed by atoms with Gasteiger partial charge in [-0.25, -0.2) is 0 Å². The number of ether oxygens (including phenoxy) is 2. The van der Waals surface area contributed by atoms with E-state index >= 15 is 0 Å². The molecule has 1 heterocycles. The van der Waals surface area contributed by atoms with E-state index in [4.69, 9.17) is 9.47 Å². The van der Waals surface area contributed by atoms with Crippen molar-refractivity contribution in [2.24, 2.45) is 0 Å². The topological polar surface area (TPSA) is 21.7 Å². The van der Waals surface area contributed by atoms with Crippen molar-refractivity contribution in [3.8, 4) is 11.5 Å². The zero-order valence-electron chi connectivity index (χ0n) is 16.8. The van der Waals surface area contributed by atoms with Crippen molar-refractivity contribution < 1.29 is 9.47 Å². The summed E-state index contributed by atoms with van der Waals surface area (Å²) in [5, 5.41) is 0. The second kappa shape index (κ2) is 7.69. The van der Waals surface area contributed by atoms with Crippen LogP contribution in [-0.4, -0.2) is 32.7 Å². The lowest BCUT2D eigenvalue weighted by Crippen LogP contribution is -2.50. The highest BCUT2D eigenvalue weighted by atomic mass is 16.5. The monoisotopic (exact) mass is 373 g/mol. The van der Waals surface area contributed by atoms with Gasteiger partial charge in [-0.15, -0.1) is 0 Å². The first-order valence-corrected chi connectivity index (χ1v) is 9.75. The van der Waals surface area contributed by atoms with Crippen LogP contribution in [-0.2, 0) is 18.4 Å². The molecule has 1 atom stereocenters. The number of hydrogen-bond acceptors (Lipinski definition) is 3. The molecule has 0 bridgehead atoms. The number of benzene rings is 3. The number of rotatable bonds is 5. The van der Waals surface area contributed by atoms with Gasteiger partial charge in [0.25, 0.3) is 0 Å². The molecule has 1 aliphatic heterocycles. The standard InChI is InChI=1S/C25H27NO2/c1-26-15-14-20-16-23(27-2)24(28-3)17-22(20)25(26,21-12-8-5-9-13-21)18-19-10-6-4-7-11-19/h4-13,16-17H,14-15,18H2,1-3H3. The van der Waals surface area contributed by atoms with Gasteiger partial charge in [-0.2, -0.15) is 0 Å². The molecule has 0 aliphatic carbocycles. The summed E-state index contributed by atoms with van der Waals surface area (Å²) in [6.07, 6.45) is 1.90. The van der Waals surface area contributed by atoms with Crippen LogP contribution in [0.2, 0.25) is 0 Å².